The molecule has 0 aliphatic heterocycles. The fourth-order valence-corrected chi connectivity index (χ4v) is 4.11. The first-order chi connectivity index (χ1) is 14.1. The van der Waals surface area contributed by atoms with E-state index in [-0.39, 0.29) is 13.0 Å². The number of carboxylic acid groups (broad SMARTS) is 1. The highest BCUT2D eigenvalue weighted by atomic mass is 32.1. The number of hydrogen-bond donors (Lipinski definition) is 3. The predicted molar refractivity (Wildman–Crippen MR) is 110 cm³/mol. The zero-order valence-corrected chi connectivity index (χ0v) is 16.3. The fourth-order valence-electron chi connectivity index (χ4n) is 3.23. The van der Waals surface area contributed by atoms with E-state index in [1.54, 1.807) is 12.3 Å². The van der Waals surface area contributed by atoms with Crippen molar-refractivity contribution >= 4 is 50.2 Å². The summed E-state index contributed by atoms with van der Waals surface area (Å²) in [5.74, 6) is -1.21. The first kappa shape index (κ1) is 18.9. The second kappa shape index (κ2) is 7.88. The molecule has 1 unspecified atom stereocenters. The Morgan fingerprint density at radius 1 is 1.31 bits per heavy atom. The number of aromatic amines is 1. The van der Waals surface area contributed by atoms with Gasteiger partial charge in [-0.15, -0.1) is 11.3 Å². The highest BCUT2D eigenvalue weighted by Crippen LogP contribution is 2.30. The van der Waals surface area contributed by atoms with Crippen molar-refractivity contribution in [2.75, 3.05) is 11.9 Å². The molecule has 0 bridgehead atoms. The molecule has 0 amide bonds. The lowest BCUT2D eigenvalue weighted by Crippen LogP contribution is -2.32. The largest absolute Gasteiger partial charge is 0.480 e. The smallest absolute Gasteiger partial charge is 0.339 e. The Bertz CT molecular complexity index is 1200. The summed E-state index contributed by atoms with van der Waals surface area (Å²) in [5, 5.41) is 15.9. The summed E-state index contributed by atoms with van der Waals surface area (Å²) in [6, 6.07) is 6.77. The van der Waals surface area contributed by atoms with Gasteiger partial charge in [0.25, 0.3) is 0 Å². The monoisotopic (exact) mass is 410 g/mol. The third kappa shape index (κ3) is 3.64. The summed E-state index contributed by atoms with van der Waals surface area (Å²) in [5.41, 5.74) is 2.14. The van der Waals surface area contributed by atoms with Gasteiger partial charge in [0.05, 0.1) is 17.6 Å². The van der Waals surface area contributed by atoms with E-state index in [1.807, 2.05) is 30.5 Å². The van der Waals surface area contributed by atoms with E-state index in [1.165, 1.54) is 17.7 Å². The number of hydrogen-bond acceptors (Lipinski definition) is 7. The molecule has 0 saturated carbocycles. The van der Waals surface area contributed by atoms with Crippen molar-refractivity contribution in [1.82, 2.24) is 15.0 Å². The molecule has 148 valence electrons. The van der Waals surface area contributed by atoms with Crippen molar-refractivity contribution in [2.45, 2.75) is 19.4 Å². The summed E-state index contributed by atoms with van der Waals surface area (Å²) in [6.07, 6.45) is 3.40. The number of aliphatic carboxylic acids is 1. The van der Waals surface area contributed by atoms with Gasteiger partial charge in [-0.25, -0.2) is 19.6 Å². The van der Waals surface area contributed by atoms with Crippen molar-refractivity contribution in [2.24, 2.45) is 0 Å². The van der Waals surface area contributed by atoms with Crippen LogP contribution in [0.4, 0.5) is 5.82 Å². The van der Waals surface area contributed by atoms with Crippen LogP contribution in [0.25, 0.3) is 21.1 Å². The second-order valence-corrected chi connectivity index (χ2v) is 7.23. The molecule has 3 heterocycles. The Balaban J connectivity index is 1.68. The molecule has 29 heavy (non-hydrogen) atoms. The minimum atomic E-state index is -1.02. The van der Waals surface area contributed by atoms with Gasteiger partial charge in [0, 0.05) is 28.9 Å². The number of aromatic nitrogens is 3. The highest BCUT2D eigenvalue weighted by molar-refractivity contribution is 7.17. The highest BCUT2D eigenvalue weighted by Gasteiger charge is 2.24. The first-order valence-corrected chi connectivity index (χ1v) is 9.90. The van der Waals surface area contributed by atoms with Crippen LogP contribution in [0.15, 0.2) is 42.2 Å². The molecule has 0 aliphatic carbocycles. The third-order valence-corrected chi connectivity index (χ3v) is 5.46. The van der Waals surface area contributed by atoms with E-state index in [2.05, 4.69) is 20.3 Å². The number of nitrogens with zero attached hydrogens (tertiary/aromatic N) is 2. The number of esters is 1. The SMILES string of the molecule is CCOC(=O)c1csc2ncnc(NC(Cc3c[nH]c4ccccc34)C(=O)O)c12. The van der Waals surface area contributed by atoms with Gasteiger partial charge in [-0.2, -0.15) is 0 Å². The maximum absolute atomic E-state index is 12.3. The van der Waals surface area contributed by atoms with E-state index >= 15 is 0 Å². The van der Waals surface area contributed by atoms with Crippen LogP contribution in [0.2, 0.25) is 0 Å². The van der Waals surface area contributed by atoms with E-state index in [9.17, 15) is 14.7 Å². The molecule has 1 atom stereocenters. The molecule has 4 rings (SSSR count). The number of benzene rings is 1. The van der Waals surface area contributed by atoms with Crippen LogP contribution in [-0.2, 0) is 16.0 Å². The number of carbonyl (C=O) groups excluding carboxylic acids is 1. The quantitative estimate of drug-likeness (QED) is 0.399. The van der Waals surface area contributed by atoms with Crippen LogP contribution in [0, 0.1) is 0 Å². The Morgan fingerprint density at radius 2 is 2.14 bits per heavy atom. The Morgan fingerprint density at radius 3 is 2.93 bits per heavy atom. The Labute approximate surface area is 169 Å². The van der Waals surface area contributed by atoms with Crippen molar-refractivity contribution in [3.63, 3.8) is 0 Å². The van der Waals surface area contributed by atoms with Crippen LogP contribution in [0.5, 0.6) is 0 Å². The van der Waals surface area contributed by atoms with Gasteiger partial charge < -0.3 is 20.1 Å². The normalized spacial score (nSPS) is 12.2. The topological polar surface area (TPSA) is 117 Å². The summed E-state index contributed by atoms with van der Waals surface area (Å²) < 4.78 is 5.10. The van der Waals surface area contributed by atoms with Gasteiger partial charge in [-0.1, -0.05) is 18.2 Å². The van der Waals surface area contributed by atoms with Crippen molar-refractivity contribution < 1.29 is 19.4 Å². The average molecular weight is 410 g/mol. The molecule has 0 saturated heterocycles. The number of ether oxygens (including phenoxy) is 1. The number of H-pyrrole nitrogens is 1. The zero-order chi connectivity index (χ0) is 20.4. The number of fused-ring (bicyclic) bond motifs is 2. The molecular weight excluding hydrogens is 392 g/mol. The number of nitrogens with one attached hydrogen (secondary N) is 2. The lowest BCUT2D eigenvalue weighted by atomic mass is 10.0. The van der Waals surface area contributed by atoms with Crippen LogP contribution in [0.3, 0.4) is 0 Å². The van der Waals surface area contributed by atoms with E-state index in [0.29, 0.717) is 21.6 Å². The molecule has 8 nitrogen and oxygen atoms in total. The van der Waals surface area contributed by atoms with Crippen molar-refractivity contribution in [3.05, 3.63) is 53.3 Å². The van der Waals surface area contributed by atoms with Crippen molar-refractivity contribution in [3.8, 4) is 0 Å². The summed E-state index contributed by atoms with van der Waals surface area (Å²) in [4.78, 5) is 36.4. The minimum Gasteiger partial charge on any atom is -0.480 e. The van der Waals surface area contributed by atoms with Crippen LogP contribution >= 0.6 is 11.3 Å². The predicted octanol–water partition coefficient (Wildman–Crippen LogP) is 3.46. The summed E-state index contributed by atoms with van der Waals surface area (Å²) in [7, 11) is 0. The third-order valence-electron chi connectivity index (χ3n) is 4.57. The maximum atomic E-state index is 12.3. The summed E-state index contributed by atoms with van der Waals surface area (Å²) >= 11 is 1.28. The van der Waals surface area contributed by atoms with E-state index in [0.717, 1.165) is 16.5 Å². The zero-order valence-electron chi connectivity index (χ0n) is 15.5. The molecule has 3 aromatic heterocycles. The molecule has 0 spiro atoms. The second-order valence-electron chi connectivity index (χ2n) is 6.37. The standard InChI is InChI=1S/C20H18N4O4S/c1-2-28-20(27)13-9-29-18-16(13)17(22-10-23-18)24-15(19(25)26)7-11-8-21-14-6-4-3-5-12(11)14/h3-6,8-10,15,21H,2,7H2,1H3,(H,25,26)(H,22,23,24). The minimum absolute atomic E-state index is 0.240. The number of thiophene rings is 1. The van der Waals surface area contributed by atoms with Gasteiger partial charge in [0.1, 0.15) is 23.0 Å². The molecule has 1 aromatic carbocycles. The van der Waals surface area contributed by atoms with Crippen molar-refractivity contribution in [1.29, 1.82) is 0 Å². The van der Waals surface area contributed by atoms with Crippen LogP contribution < -0.4 is 5.32 Å². The molecule has 0 aliphatic rings. The number of carbonyl (C=O) groups is 2. The van der Waals surface area contributed by atoms with Crippen LogP contribution in [0.1, 0.15) is 22.8 Å². The van der Waals surface area contributed by atoms with Crippen LogP contribution in [-0.4, -0.2) is 44.6 Å². The maximum Gasteiger partial charge on any atom is 0.339 e. The molecule has 3 N–H and O–H groups in total. The van der Waals surface area contributed by atoms with Gasteiger partial charge >= 0.3 is 11.9 Å². The Kier molecular flexibility index (Phi) is 5.13. The van der Waals surface area contributed by atoms with Gasteiger partial charge in [0.2, 0.25) is 0 Å². The lowest BCUT2D eigenvalue weighted by molar-refractivity contribution is -0.137. The Hall–Kier alpha value is -3.46. The average Bonchev–Trinajstić information content (AvgIpc) is 3.32. The number of carboxylic acids is 1. The van der Waals surface area contributed by atoms with E-state index < -0.39 is 18.0 Å². The lowest BCUT2D eigenvalue weighted by Gasteiger charge is -2.16. The number of rotatable bonds is 7. The van der Waals surface area contributed by atoms with Gasteiger partial charge in [-0.05, 0) is 18.6 Å². The number of anilines is 1. The summed E-state index contributed by atoms with van der Waals surface area (Å²) in [6.45, 7) is 1.97. The fraction of sp³-hybridized carbons (Fsp3) is 0.200. The molecule has 0 radical (unpaired) electrons. The molecule has 9 heteroatoms. The molecule has 4 aromatic rings. The van der Waals surface area contributed by atoms with Gasteiger partial charge in [-0.3, -0.25) is 0 Å². The molecule has 0 fully saturated rings. The number of para-hydroxylation sites is 1. The van der Waals surface area contributed by atoms with Gasteiger partial charge in [0.15, 0.2) is 0 Å². The first-order valence-electron chi connectivity index (χ1n) is 9.02. The van der Waals surface area contributed by atoms with E-state index in [4.69, 9.17) is 4.74 Å². The molecular formula is C20H18N4O4S.